The summed E-state index contributed by atoms with van der Waals surface area (Å²) in [4.78, 5) is 62.2. The Morgan fingerprint density at radius 2 is 1.58 bits per heavy atom. The summed E-state index contributed by atoms with van der Waals surface area (Å²) >= 11 is 5.63. The number of carbonyl (C=O) groups excluding carboxylic acids is 1. The third-order valence-electron chi connectivity index (χ3n) is 5.42. The second kappa shape index (κ2) is 10.4. The van der Waals surface area contributed by atoms with Crippen LogP contribution in [0, 0.1) is 5.92 Å². The average Bonchev–Trinajstić information content (AvgIpc) is 3.39. The molecule has 0 aromatic carbocycles. The van der Waals surface area contributed by atoms with E-state index in [-0.39, 0.29) is 22.6 Å². The van der Waals surface area contributed by atoms with Crippen LogP contribution in [0.5, 0.6) is 0 Å². The minimum atomic E-state index is -0.487. The van der Waals surface area contributed by atoms with Crippen molar-refractivity contribution in [1.82, 2.24) is 45.2 Å². The molecule has 4 aromatic heterocycles. The third kappa shape index (κ3) is 6.19. The Labute approximate surface area is 209 Å². The molecule has 1 aliphatic rings. The number of hydrogen-bond donors (Lipinski definition) is 5. The fraction of sp³-hybridized carbons (Fsp3) is 0.476. The van der Waals surface area contributed by atoms with Gasteiger partial charge in [0, 0.05) is 19.6 Å². The van der Waals surface area contributed by atoms with Gasteiger partial charge in [0.25, 0.3) is 0 Å². The van der Waals surface area contributed by atoms with Crippen LogP contribution in [0.1, 0.15) is 33.6 Å². The number of piperidine rings is 1. The summed E-state index contributed by atoms with van der Waals surface area (Å²) < 4.78 is 5.26. The van der Waals surface area contributed by atoms with Crippen LogP contribution in [0.4, 0.5) is 10.6 Å². The molecule has 36 heavy (non-hydrogen) atoms. The van der Waals surface area contributed by atoms with Crippen molar-refractivity contribution in [3.8, 4) is 0 Å². The Bertz CT molecular complexity index is 1460. The molecule has 0 saturated carbocycles. The number of aromatic nitrogens is 8. The number of anilines is 1. The summed E-state index contributed by atoms with van der Waals surface area (Å²) in [5.74, 6) is 1.13. The molecule has 0 aliphatic carbocycles. The molecule has 1 saturated heterocycles. The van der Waals surface area contributed by atoms with Gasteiger partial charge < -0.3 is 24.9 Å². The first-order valence-corrected chi connectivity index (χ1v) is 11.7. The number of amides is 1. The molecule has 192 valence electrons. The van der Waals surface area contributed by atoms with Gasteiger partial charge in [0.15, 0.2) is 22.3 Å². The van der Waals surface area contributed by atoms with E-state index in [1.807, 2.05) is 20.8 Å². The summed E-state index contributed by atoms with van der Waals surface area (Å²) in [5, 5.41) is 3.08. The fourth-order valence-electron chi connectivity index (χ4n) is 3.79. The first kappa shape index (κ1) is 25.2. The van der Waals surface area contributed by atoms with E-state index in [1.54, 1.807) is 0 Å². The first-order chi connectivity index (χ1) is 17.1. The van der Waals surface area contributed by atoms with Gasteiger partial charge in [-0.2, -0.15) is 0 Å². The molecule has 0 atom stereocenters. The number of H-pyrrole nitrogens is 4. The lowest BCUT2D eigenvalue weighted by molar-refractivity contribution is 0.0517. The molecular weight excluding hydrogens is 492 g/mol. The van der Waals surface area contributed by atoms with Crippen LogP contribution in [0.15, 0.2) is 22.2 Å². The van der Waals surface area contributed by atoms with Gasteiger partial charge in [-0.05, 0) is 39.5 Å². The average molecular weight is 519 g/mol. The van der Waals surface area contributed by atoms with Crippen LogP contribution >= 0.6 is 11.6 Å². The molecule has 5 heterocycles. The zero-order valence-electron chi connectivity index (χ0n) is 20.0. The van der Waals surface area contributed by atoms with E-state index < -0.39 is 5.60 Å². The van der Waals surface area contributed by atoms with Gasteiger partial charge in [-0.1, -0.05) is 11.6 Å². The number of halogens is 1. The van der Waals surface area contributed by atoms with Crippen molar-refractivity contribution in [1.29, 1.82) is 0 Å². The van der Waals surface area contributed by atoms with Crippen LogP contribution in [-0.4, -0.2) is 71.2 Å². The van der Waals surface area contributed by atoms with Crippen LogP contribution in [0.3, 0.4) is 0 Å². The maximum Gasteiger partial charge on any atom is 0.407 e. The summed E-state index contributed by atoms with van der Waals surface area (Å²) in [6.45, 7) is 7.75. The largest absolute Gasteiger partial charge is 0.444 e. The normalized spacial score (nSPS) is 14.5. The van der Waals surface area contributed by atoms with Gasteiger partial charge in [-0.15, -0.1) is 0 Å². The van der Waals surface area contributed by atoms with Gasteiger partial charge in [-0.3, -0.25) is 9.97 Å². The molecular formula is C21H27ClN10O4. The number of alkyl carbamates (subject to hydrolysis) is 1. The summed E-state index contributed by atoms with van der Waals surface area (Å²) in [5.41, 5.74) is 0.922. The monoisotopic (exact) mass is 518 g/mol. The highest BCUT2D eigenvalue weighted by Gasteiger charge is 2.24. The molecule has 0 bridgehead atoms. The van der Waals surface area contributed by atoms with Crippen molar-refractivity contribution in [3.05, 3.63) is 38.8 Å². The van der Waals surface area contributed by atoms with Crippen molar-refractivity contribution in [3.63, 3.8) is 0 Å². The number of rotatable bonds is 3. The minimum absolute atomic E-state index is 0.244. The lowest BCUT2D eigenvalue weighted by Gasteiger charge is -2.33. The van der Waals surface area contributed by atoms with Gasteiger partial charge in [0.1, 0.15) is 29.3 Å². The molecule has 5 N–H and O–H groups in total. The Morgan fingerprint density at radius 3 is 2.19 bits per heavy atom. The molecule has 1 aliphatic heterocycles. The van der Waals surface area contributed by atoms with Gasteiger partial charge in [0.2, 0.25) is 0 Å². The van der Waals surface area contributed by atoms with Crippen molar-refractivity contribution in [2.24, 2.45) is 5.92 Å². The Hall–Kier alpha value is -3.94. The summed E-state index contributed by atoms with van der Waals surface area (Å²) in [6, 6.07) is 0. The second-order valence-corrected chi connectivity index (χ2v) is 9.64. The van der Waals surface area contributed by atoms with Crippen molar-refractivity contribution in [2.45, 2.75) is 39.2 Å². The molecule has 0 spiro atoms. The van der Waals surface area contributed by atoms with Crippen molar-refractivity contribution >= 4 is 45.8 Å². The maximum absolute atomic E-state index is 11.7. The van der Waals surface area contributed by atoms with Crippen molar-refractivity contribution < 1.29 is 9.53 Å². The molecule has 5 rings (SSSR count). The van der Waals surface area contributed by atoms with Crippen LogP contribution < -0.4 is 21.6 Å². The molecule has 1 fully saturated rings. The number of hydrogen-bond acceptors (Lipinski definition) is 9. The number of ether oxygens (including phenoxy) is 1. The quantitative estimate of drug-likeness (QED) is 0.251. The zero-order valence-corrected chi connectivity index (χ0v) is 20.8. The minimum Gasteiger partial charge on any atom is -0.444 e. The van der Waals surface area contributed by atoms with E-state index in [4.69, 9.17) is 16.3 Å². The lowest BCUT2D eigenvalue weighted by Crippen LogP contribution is -2.40. The number of imidazole rings is 2. The standard InChI is InChI=1S/C16H24N6O3.C5H3ClN4O/c1-16(2,3)25-15(24)17-8-10-4-6-22(7-5-10)13-11-12(18-9-19-13)21-14(23)20-11;6-3-2-4(8-1-7-3)10-5(11)9-2/h9-10H,4-8H2,1-3H3,(H,17,24)(H2,18,19,20,21,23);1H,(H2,7,8,9,10,11). The topological polar surface area (TPSA) is 190 Å². The highest BCUT2D eigenvalue weighted by Crippen LogP contribution is 2.25. The van der Waals surface area contributed by atoms with E-state index in [1.165, 1.54) is 12.7 Å². The zero-order chi connectivity index (χ0) is 25.9. The van der Waals surface area contributed by atoms with E-state index >= 15 is 0 Å². The van der Waals surface area contributed by atoms with Crippen LogP contribution in [-0.2, 0) is 4.74 Å². The maximum atomic E-state index is 11.7. The number of fused-ring (bicyclic) bond motifs is 2. The highest BCUT2D eigenvalue weighted by molar-refractivity contribution is 6.33. The number of aromatic amines is 4. The van der Waals surface area contributed by atoms with E-state index in [0.717, 1.165) is 31.7 Å². The predicted octanol–water partition coefficient (Wildman–Crippen LogP) is 1.69. The number of carbonyl (C=O) groups is 1. The predicted molar refractivity (Wildman–Crippen MR) is 133 cm³/mol. The smallest absolute Gasteiger partial charge is 0.407 e. The summed E-state index contributed by atoms with van der Waals surface area (Å²) in [7, 11) is 0. The van der Waals surface area contributed by atoms with Crippen LogP contribution in [0.2, 0.25) is 5.15 Å². The molecule has 4 aromatic rings. The Kier molecular flexibility index (Phi) is 7.24. The second-order valence-electron chi connectivity index (χ2n) is 9.28. The number of nitrogens with one attached hydrogen (secondary N) is 5. The fourth-order valence-corrected chi connectivity index (χ4v) is 3.97. The summed E-state index contributed by atoms with van der Waals surface area (Å²) in [6.07, 6.45) is 4.22. The SMILES string of the molecule is CC(C)(C)OC(=O)NCC1CCN(c2ncnc3[nH]c(=O)[nH]c23)CC1.O=c1[nH]c2ncnc(Cl)c2[nH]1. The first-order valence-electron chi connectivity index (χ1n) is 11.3. The number of nitrogens with zero attached hydrogens (tertiary/aromatic N) is 5. The van der Waals surface area contributed by atoms with Gasteiger partial charge in [0.05, 0.1) is 0 Å². The van der Waals surface area contributed by atoms with E-state index in [0.29, 0.717) is 34.8 Å². The Balaban J connectivity index is 0.000000229. The molecule has 0 unspecified atom stereocenters. The van der Waals surface area contributed by atoms with Crippen molar-refractivity contribution in [2.75, 3.05) is 24.5 Å². The molecule has 1 amide bonds. The van der Waals surface area contributed by atoms with Crippen LogP contribution in [0.25, 0.3) is 22.3 Å². The Morgan fingerprint density at radius 1 is 1.00 bits per heavy atom. The van der Waals surface area contributed by atoms with E-state index in [9.17, 15) is 14.4 Å². The third-order valence-corrected chi connectivity index (χ3v) is 5.70. The highest BCUT2D eigenvalue weighted by atomic mass is 35.5. The van der Waals surface area contributed by atoms with Gasteiger partial charge >= 0.3 is 17.5 Å². The molecule has 14 nitrogen and oxygen atoms in total. The molecule has 0 radical (unpaired) electrons. The lowest BCUT2D eigenvalue weighted by atomic mass is 9.97. The van der Waals surface area contributed by atoms with Gasteiger partial charge in [-0.25, -0.2) is 34.3 Å². The molecule has 15 heteroatoms. The van der Waals surface area contributed by atoms with E-state index in [2.05, 4.69) is 50.1 Å².